The molecule has 0 aliphatic carbocycles. The van der Waals surface area contributed by atoms with E-state index in [-0.39, 0.29) is 0 Å². The van der Waals surface area contributed by atoms with Crippen LogP contribution in [0.3, 0.4) is 0 Å². The van der Waals surface area contributed by atoms with E-state index in [9.17, 15) is 0 Å². The van der Waals surface area contributed by atoms with Crippen molar-refractivity contribution in [2.75, 3.05) is 19.6 Å². The van der Waals surface area contributed by atoms with Crippen molar-refractivity contribution < 1.29 is 0 Å². The van der Waals surface area contributed by atoms with E-state index < -0.39 is 0 Å². The highest BCUT2D eigenvalue weighted by atomic mass is 15.2. The number of nitrogens with zero attached hydrogens (tertiary/aromatic N) is 2. The van der Waals surface area contributed by atoms with Gasteiger partial charge in [-0.2, -0.15) is 0 Å². The minimum absolute atomic E-state index is 0.585. The van der Waals surface area contributed by atoms with Gasteiger partial charge in [0.25, 0.3) is 0 Å². The van der Waals surface area contributed by atoms with Crippen LogP contribution in [0.4, 0.5) is 0 Å². The van der Waals surface area contributed by atoms with Crippen molar-refractivity contribution in [3.8, 4) is 0 Å². The summed E-state index contributed by atoms with van der Waals surface area (Å²) in [7, 11) is 0. The van der Waals surface area contributed by atoms with Gasteiger partial charge in [-0.05, 0) is 18.6 Å². The predicted octanol–water partition coefficient (Wildman–Crippen LogP) is 2.03. The summed E-state index contributed by atoms with van der Waals surface area (Å²) in [4.78, 5) is 7.03. The summed E-state index contributed by atoms with van der Waals surface area (Å²) < 4.78 is 0. The topological polar surface area (TPSA) is 28.2 Å². The van der Waals surface area contributed by atoms with Gasteiger partial charge in [0.05, 0.1) is 5.52 Å². The molecule has 2 aromatic rings. The van der Waals surface area contributed by atoms with E-state index in [0.29, 0.717) is 6.04 Å². The Morgan fingerprint density at radius 3 is 3.11 bits per heavy atom. The number of rotatable bonds is 2. The van der Waals surface area contributed by atoms with Crippen molar-refractivity contribution in [3.05, 3.63) is 42.1 Å². The van der Waals surface area contributed by atoms with E-state index in [2.05, 4.69) is 46.4 Å². The van der Waals surface area contributed by atoms with Crippen molar-refractivity contribution in [2.45, 2.75) is 19.5 Å². The highest BCUT2D eigenvalue weighted by Gasteiger charge is 2.16. The van der Waals surface area contributed by atoms with Crippen molar-refractivity contribution in [2.24, 2.45) is 0 Å². The van der Waals surface area contributed by atoms with E-state index in [1.807, 2.05) is 12.3 Å². The minimum atomic E-state index is 0.585. The smallest absolute Gasteiger partial charge is 0.0746 e. The third kappa shape index (κ3) is 2.37. The lowest BCUT2D eigenvalue weighted by Crippen LogP contribution is -2.48. The number of hydrogen-bond donors (Lipinski definition) is 1. The second kappa shape index (κ2) is 5.04. The number of aromatic nitrogens is 1. The molecule has 1 N–H and O–H groups in total. The summed E-state index contributed by atoms with van der Waals surface area (Å²) in [6.07, 6.45) is 1.88. The highest BCUT2D eigenvalue weighted by Crippen LogP contribution is 2.18. The van der Waals surface area contributed by atoms with Crippen LogP contribution in [-0.2, 0) is 6.54 Å². The molecule has 1 fully saturated rings. The Hall–Kier alpha value is -1.45. The first-order chi connectivity index (χ1) is 8.83. The van der Waals surface area contributed by atoms with Gasteiger partial charge in [-0.3, -0.25) is 9.88 Å². The van der Waals surface area contributed by atoms with Crippen molar-refractivity contribution in [1.82, 2.24) is 15.2 Å². The fraction of sp³-hybridized carbons (Fsp3) is 0.400. The maximum atomic E-state index is 4.52. The fourth-order valence-electron chi connectivity index (χ4n) is 2.69. The maximum Gasteiger partial charge on any atom is 0.0746 e. The summed E-state index contributed by atoms with van der Waals surface area (Å²) in [5, 5.41) is 4.71. The molecule has 18 heavy (non-hydrogen) atoms. The molecule has 0 unspecified atom stereocenters. The van der Waals surface area contributed by atoms with Gasteiger partial charge in [0.1, 0.15) is 0 Å². The molecule has 1 atom stereocenters. The third-order valence-corrected chi connectivity index (χ3v) is 3.56. The van der Waals surface area contributed by atoms with Gasteiger partial charge in [0.2, 0.25) is 0 Å². The molecule has 3 heteroatoms. The lowest BCUT2D eigenvalue weighted by atomic mass is 10.1. The Labute approximate surface area is 108 Å². The van der Waals surface area contributed by atoms with Gasteiger partial charge in [0.15, 0.2) is 0 Å². The quantitative estimate of drug-likeness (QED) is 0.872. The number of benzene rings is 1. The number of fused-ring (bicyclic) bond motifs is 1. The van der Waals surface area contributed by atoms with E-state index in [0.717, 1.165) is 31.7 Å². The van der Waals surface area contributed by atoms with E-state index in [1.54, 1.807) is 0 Å². The number of para-hydroxylation sites is 1. The molecule has 3 nitrogen and oxygen atoms in total. The number of nitrogens with one attached hydrogen (secondary N) is 1. The van der Waals surface area contributed by atoms with Crippen LogP contribution < -0.4 is 5.32 Å². The standard InChI is InChI=1S/C15H19N3/c1-12-10-18(9-8-16-12)11-14-5-2-4-13-6-3-7-17-15(13)14/h2-7,12,16H,8-11H2,1H3/t12-/m0/s1. The fourth-order valence-corrected chi connectivity index (χ4v) is 2.69. The molecule has 1 aliphatic rings. The van der Waals surface area contributed by atoms with Crippen molar-refractivity contribution in [3.63, 3.8) is 0 Å². The van der Waals surface area contributed by atoms with Gasteiger partial charge >= 0.3 is 0 Å². The molecule has 0 radical (unpaired) electrons. The number of hydrogen-bond acceptors (Lipinski definition) is 3. The zero-order chi connectivity index (χ0) is 12.4. The SMILES string of the molecule is C[C@H]1CN(Cc2cccc3cccnc23)CCN1. The molecule has 1 aliphatic heterocycles. The summed E-state index contributed by atoms with van der Waals surface area (Å²) >= 11 is 0. The number of piperazine rings is 1. The molecular formula is C15H19N3. The zero-order valence-corrected chi connectivity index (χ0v) is 10.8. The van der Waals surface area contributed by atoms with E-state index in [1.165, 1.54) is 10.9 Å². The Bertz CT molecular complexity index is 533. The largest absolute Gasteiger partial charge is 0.312 e. The molecule has 0 amide bonds. The lowest BCUT2D eigenvalue weighted by Gasteiger charge is -2.31. The lowest BCUT2D eigenvalue weighted by molar-refractivity contribution is 0.200. The van der Waals surface area contributed by atoms with Gasteiger partial charge in [0, 0.05) is 43.8 Å². The molecule has 94 valence electrons. The highest BCUT2D eigenvalue weighted by molar-refractivity contribution is 5.81. The van der Waals surface area contributed by atoms with E-state index in [4.69, 9.17) is 0 Å². The Kier molecular flexibility index (Phi) is 3.26. The molecule has 1 saturated heterocycles. The van der Waals surface area contributed by atoms with Gasteiger partial charge in [-0.15, -0.1) is 0 Å². The van der Waals surface area contributed by atoms with Gasteiger partial charge in [-0.1, -0.05) is 24.3 Å². The van der Waals surface area contributed by atoms with Crippen molar-refractivity contribution >= 4 is 10.9 Å². The van der Waals surface area contributed by atoms with Crippen LogP contribution in [0.15, 0.2) is 36.5 Å². The summed E-state index contributed by atoms with van der Waals surface area (Å²) in [6, 6.07) is 11.2. The Morgan fingerprint density at radius 2 is 2.22 bits per heavy atom. The van der Waals surface area contributed by atoms with Crippen LogP contribution in [0.25, 0.3) is 10.9 Å². The Morgan fingerprint density at radius 1 is 1.33 bits per heavy atom. The molecule has 2 heterocycles. The summed E-state index contributed by atoms with van der Waals surface area (Å²) in [6.45, 7) is 6.56. The van der Waals surface area contributed by atoms with E-state index >= 15 is 0 Å². The predicted molar refractivity (Wildman–Crippen MR) is 74.5 cm³/mol. The van der Waals surface area contributed by atoms with Crippen LogP contribution in [0, 0.1) is 0 Å². The average molecular weight is 241 g/mol. The molecular weight excluding hydrogens is 222 g/mol. The first-order valence-corrected chi connectivity index (χ1v) is 6.61. The summed E-state index contributed by atoms with van der Waals surface area (Å²) in [5.41, 5.74) is 2.48. The van der Waals surface area contributed by atoms with Crippen LogP contribution in [0.2, 0.25) is 0 Å². The normalized spacial score (nSPS) is 21.3. The first-order valence-electron chi connectivity index (χ1n) is 6.61. The monoisotopic (exact) mass is 241 g/mol. The zero-order valence-electron chi connectivity index (χ0n) is 10.8. The van der Waals surface area contributed by atoms with Crippen LogP contribution in [0.5, 0.6) is 0 Å². The summed E-state index contributed by atoms with van der Waals surface area (Å²) in [5.74, 6) is 0. The van der Waals surface area contributed by atoms with Crippen LogP contribution in [-0.4, -0.2) is 35.6 Å². The Balaban J connectivity index is 1.86. The minimum Gasteiger partial charge on any atom is -0.312 e. The average Bonchev–Trinajstić information content (AvgIpc) is 2.39. The molecule has 0 bridgehead atoms. The molecule has 0 saturated carbocycles. The number of pyridine rings is 1. The second-order valence-corrected chi connectivity index (χ2v) is 5.08. The van der Waals surface area contributed by atoms with Gasteiger partial charge in [-0.25, -0.2) is 0 Å². The van der Waals surface area contributed by atoms with Crippen LogP contribution in [0.1, 0.15) is 12.5 Å². The maximum absolute atomic E-state index is 4.52. The molecule has 1 aromatic heterocycles. The molecule has 0 spiro atoms. The van der Waals surface area contributed by atoms with Crippen molar-refractivity contribution in [1.29, 1.82) is 0 Å². The molecule has 1 aromatic carbocycles. The molecule has 3 rings (SSSR count). The second-order valence-electron chi connectivity index (χ2n) is 5.08. The van der Waals surface area contributed by atoms with Crippen LogP contribution >= 0.6 is 0 Å². The van der Waals surface area contributed by atoms with Gasteiger partial charge < -0.3 is 5.32 Å². The first kappa shape index (κ1) is 11.6. The third-order valence-electron chi connectivity index (χ3n) is 3.56.